The van der Waals surface area contributed by atoms with E-state index >= 15 is 0 Å². The summed E-state index contributed by atoms with van der Waals surface area (Å²) in [4.78, 5) is 12.3. The third kappa shape index (κ3) is 7.12. The van der Waals surface area contributed by atoms with Gasteiger partial charge >= 0.3 is 0 Å². The van der Waals surface area contributed by atoms with Gasteiger partial charge < -0.3 is 13.9 Å². The number of Topliss-reactive ketones (excluding diaryl/α,β-unsaturated/α-hetero) is 1. The molecule has 0 aromatic heterocycles. The minimum absolute atomic E-state index is 0.123. The fourth-order valence-electron chi connectivity index (χ4n) is 3.46. The Morgan fingerprint density at radius 1 is 1.19 bits per heavy atom. The number of allylic oxidation sites excluding steroid dienone is 1. The van der Waals surface area contributed by atoms with Crippen molar-refractivity contribution in [2.24, 2.45) is 11.8 Å². The molecule has 0 spiro atoms. The van der Waals surface area contributed by atoms with Gasteiger partial charge in [0.15, 0.2) is 14.6 Å². The van der Waals surface area contributed by atoms with E-state index in [4.69, 9.17) is 13.9 Å². The molecule has 5 heteroatoms. The molecule has 27 heavy (non-hydrogen) atoms. The molecule has 0 aliphatic heterocycles. The van der Waals surface area contributed by atoms with E-state index < -0.39 is 14.6 Å². The average Bonchev–Trinajstić information content (AvgIpc) is 2.94. The van der Waals surface area contributed by atoms with E-state index in [9.17, 15) is 4.79 Å². The van der Waals surface area contributed by atoms with Crippen molar-refractivity contribution in [3.05, 3.63) is 12.2 Å². The molecule has 3 atom stereocenters. The van der Waals surface area contributed by atoms with Gasteiger partial charge in [-0.25, -0.2) is 0 Å². The quantitative estimate of drug-likeness (QED) is 0.193. The van der Waals surface area contributed by atoms with Crippen LogP contribution in [0.25, 0.3) is 0 Å². The normalized spacial score (nSPS) is 22.9. The fraction of sp³-hybridized carbons (Fsp3) is 0.864. The topological polar surface area (TPSA) is 44.8 Å². The molecule has 1 rings (SSSR count). The Morgan fingerprint density at radius 3 is 2.33 bits per heavy atom. The maximum atomic E-state index is 12.3. The molecule has 0 bridgehead atoms. The second kappa shape index (κ2) is 10.9. The van der Waals surface area contributed by atoms with Gasteiger partial charge in [0.1, 0.15) is 5.78 Å². The lowest BCUT2D eigenvalue weighted by Gasteiger charge is -2.39. The van der Waals surface area contributed by atoms with Crippen LogP contribution >= 0.6 is 0 Å². The van der Waals surface area contributed by atoms with Crippen LogP contribution in [0.5, 0.6) is 0 Å². The van der Waals surface area contributed by atoms with Gasteiger partial charge in [-0.1, -0.05) is 59.1 Å². The van der Waals surface area contributed by atoms with E-state index in [2.05, 4.69) is 52.9 Å². The Labute approximate surface area is 168 Å². The Bertz CT molecular complexity index is 477. The van der Waals surface area contributed by atoms with Crippen LogP contribution in [0.15, 0.2) is 12.2 Å². The molecule has 4 nitrogen and oxygen atoms in total. The highest BCUT2D eigenvalue weighted by Gasteiger charge is 2.41. The molecule has 1 aliphatic carbocycles. The largest absolute Gasteiger partial charge is 0.411 e. The zero-order valence-electron chi connectivity index (χ0n) is 18.8. The van der Waals surface area contributed by atoms with Gasteiger partial charge in [0.2, 0.25) is 0 Å². The summed E-state index contributed by atoms with van der Waals surface area (Å²) in [6.45, 7) is 13.7. The van der Waals surface area contributed by atoms with Crippen LogP contribution in [0.1, 0.15) is 66.2 Å². The van der Waals surface area contributed by atoms with E-state index in [1.165, 1.54) is 19.3 Å². The molecule has 0 radical (unpaired) electrons. The van der Waals surface area contributed by atoms with Crippen molar-refractivity contribution in [1.82, 2.24) is 0 Å². The molecule has 0 heterocycles. The summed E-state index contributed by atoms with van der Waals surface area (Å²) in [5.41, 5.74) is 0. The monoisotopic (exact) mass is 398 g/mol. The van der Waals surface area contributed by atoms with Crippen molar-refractivity contribution in [3.8, 4) is 0 Å². The van der Waals surface area contributed by atoms with Crippen molar-refractivity contribution in [2.45, 2.75) is 96.7 Å². The Kier molecular flexibility index (Phi) is 9.90. The first kappa shape index (κ1) is 24.5. The molecule has 0 aromatic rings. The molecular weight excluding hydrogens is 356 g/mol. The van der Waals surface area contributed by atoms with Gasteiger partial charge in [-0.2, -0.15) is 0 Å². The number of hydrogen-bond donors (Lipinski definition) is 0. The predicted octanol–water partition coefficient (Wildman–Crippen LogP) is 5.73. The number of ether oxygens (including phenoxy) is 2. The lowest BCUT2D eigenvalue weighted by molar-refractivity contribution is -0.156. The van der Waals surface area contributed by atoms with Gasteiger partial charge in [-0.15, -0.1) is 0 Å². The molecule has 1 aliphatic rings. The number of methoxy groups -OCH3 is 2. The molecule has 158 valence electrons. The van der Waals surface area contributed by atoms with Crippen molar-refractivity contribution < 1.29 is 18.7 Å². The lowest BCUT2D eigenvalue weighted by Crippen LogP contribution is -2.43. The second-order valence-electron chi connectivity index (χ2n) is 9.33. The Hall–Kier alpha value is -0.493. The highest BCUT2D eigenvalue weighted by molar-refractivity contribution is 6.74. The first-order valence-corrected chi connectivity index (χ1v) is 13.4. The standard InChI is InChI=1S/C22H42O4Si/c1-9-10-11-12-18(26-27(7,8)22(2,3)4)15-13-17-14-16-19(23)20(17)21(24-5)25-6/h13,15,17-18,20-21H,9-12,14,16H2,1-8H3/b15-13-. The minimum Gasteiger partial charge on any atom is -0.411 e. The van der Waals surface area contributed by atoms with E-state index in [0.29, 0.717) is 6.42 Å². The average molecular weight is 399 g/mol. The molecule has 0 saturated heterocycles. The number of hydrogen-bond acceptors (Lipinski definition) is 4. The zero-order chi connectivity index (χ0) is 20.7. The number of carbonyl (C=O) groups is 1. The molecule has 3 unspecified atom stereocenters. The summed E-state index contributed by atoms with van der Waals surface area (Å²) >= 11 is 0. The van der Waals surface area contributed by atoms with E-state index in [1.54, 1.807) is 14.2 Å². The third-order valence-corrected chi connectivity index (χ3v) is 10.7. The highest BCUT2D eigenvalue weighted by Crippen LogP contribution is 2.38. The summed E-state index contributed by atoms with van der Waals surface area (Å²) < 4.78 is 17.5. The molecule has 0 aromatic carbocycles. The molecular formula is C22H42O4Si. The second-order valence-corrected chi connectivity index (χ2v) is 14.1. The summed E-state index contributed by atoms with van der Waals surface area (Å²) in [5.74, 6) is 0.200. The van der Waals surface area contributed by atoms with E-state index in [1.807, 2.05) is 0 Å². The molecule has 1 saturated carbocycles. The SMILES string of the molecule is CCCCCC(/C=C\C1CCC(=O)C1C(OC)OC)O[Si](C)(C)C(C)(C)C. The number of ketones is 1. The van der Waals surface area contributed by atoms with Gasteiger partial charge in [-0.05, 0) is 36.9 Å². The smallest absolute Gasteiger partial charge is 0.192 e. The molecule has 1 fully saturated rings. The van der Waals surface area contributed by atoms with E-state index in [0.717, 1.165) is 12.8 Å². The highest BCUT2D eigenvalue weighted by atomic mass is 28.4. The van der Waals surface area contributed by atoms with Gasteiger partial charge in [0.25, 0.3) is 0 Å². The van der Waals surface area contributed by atoms with E-state index in [-0.39, 0.29) is 28.8 Å². The van der Waals surface area contributed by atoms with Crippen LogP contribution in [-0.4, -0.2) is 40.7 Å². The summed E-state index contributed by atoms with van der Waals surface area (Å²) in [6, 6.07) is 0. The van der Waals surface area contributed by atoms with Crippen LogP contribution in [0.3, 0.4) is 0 Å². The third-order valence-electron chi connectivity index (χ3n) is 6.23. The Morgan fingerprint density at radius 2 is 1.81 bits per heavy atom. The van der Waals surface area contributed by atoms with Gasteiger partial charge in [-0.3, -0.25) is 4.79 Å². The number of carbonyl (C=O) groups excluding carboxylic acids is 1. The van der Waals surface area contributed by atoms with Crippen molar-refractivity contribution in [1.29, 1.82) is 0 Å². The summed E-state index contributed by atoms with van der Waals surface area (Å²) in [6.07, 6.45) is 10.2. The molecule has 0 N–H and O–H groups in total. The van der Waals surface area contributed by atoms with Crippen molar-refractivity contribution >= 4 is 14.1 Å². The predicted molar refractivity (Wildman–Crippen MR) is 114 cm³/mol. The van der Waals surface area contributed by atoms with Crippen LogP contribution < -0.4 is 0 Å². The Balaban J connectivity index is 2.91. The minimum atomic E-state index is -1.84. The molecule has 0 amide bonds. The fourth-order valence-corrected chi connectivity index (χ4v) is 4.77. The number of rotatable bonds is 11. The lowest BCUT2D eigenvalue weighted by atomic mass is 9.93. The maximum absolute atomic E-state index is 12.3. The van der Waals surface area contributed by atoms with Crippen LogP contribution in [0.4, 0.5) is 0 Å². The van der Waals surface area contributed by atoms with Crippen LogP contribution in [0.2, 0.25) is 18.1 Å². The first-order chi connectivity index (χ1) is 12.6. The van der Waals surface area contributed by atoms with Crippen molar-refractivity contribution in [2.75, 3.05) is 14.2 Å². The first-order valence-electron chi connectivity index (χ1n) is 10.5. The van der Waals surface area contributed by atoms with Crippen LogP contribution in [-0.2, 0) is 18.7 Å². The van der Waals surface area contributed by atoms with Gasteiger partial charge in [0.05, 0.1) is 12.0 Å². The number of unbranched alkanes of at least 4 members (excludes halogenated alkanes) is 2. The van der Waals surface area contributed by atoms with Crippen LogP contribution in [0, 0.1) is 11.8 Å². The van der Waals surface area contributed by atoms with Gasteiger partial charge in [0, 0.05) is 20.6 Å². The summed E-state index contributed by atoms with van der Waals surface area (Å²) in [7, 11) is 1.37. The zero-order valence-corrected chi connectivity index (χ0v) is 19.8. The summed E-state index contributed by atoms with van der Waals surface area (Å²) in [5, 5.41) is 0.187. The van der Waals surface area contributed by atoms with Crippen molar-refractivity contribution in [3.63, 3.8) is 0 Å². The maximum Gasteiger partial charge on any atom is 0.192 e.